The maximum Gasteiger partial charge on any atom is 0.333 e. The Morgan fingerprint density at radius 2 is 1.79 bits per heavy atom. The van der Waals surface area contributed by atoms with Crippen LogP contribution < -0.4 is 0 Å². The van der Waals surface area contributed by atoms with Crippen molar-refractivity contribution in [1.82, 2.24) is 9.80 Å². The quantitative estimate of drug-likeness (QED) is 0.605. The van der Waals surface area contributed by atoms with E-state index in [4.69, 9.17) is 0 Å². The van der Waals surface area contributed by atoms with Crippen LogP contribution in [-0.4, -0.2) is 41.2 Å². The summed E-state index contributed by atoms with van der Waals surface area (Å²) in [5.74, 6) is -0.615. The van der Waals surface area contributed by atoms with Crippen LogP contribution in [0.25, 0.3) is 0 Å². The van der Waals surface area contributed by atoms with Crippen LogP contribution >= 0.6 is 0 Å². The highest BCUT2D eigenvalue weighted by molar-refractivity contribution is 6.13. The van der Waals surface area contributed by atoms with E-state index in [1.165, 1.54) is 7.05 Å². The fourth-order valence-corrected chi connectivity index (χ4v) is 1.28. The Morgan fingerprint density at radius 1 is 1.21 bits per heavy atom. The first-order chi connectivity index (χ1) is 6.43. The van der Waals surface area contributed by atoms with Crippen molar-refractivity contribution in [1.29, 1.82) is 0 Å². The normalized spacial score (nSPS) is 18.4. The van der Waals surface area contributed by atoms with Gasteiger partial charge in [0, 0.05) is 13.6 Å². The molecular weight excluding hydrogens is 184 g/mol. The molecule has 0 aromatic carbocycles. The van der Waals surface area contributed by atoms with Gasteiger partial charge in [0.15, 0.2) is 0 Å². The number of carbonyl (C=O) groups excluding carboxylic acids is 3. The van der Waals surface area contributed by atoms with E-state index >= 15 is 0 Å². The maximum atomic E-state index is 11.5. The molecule has 14 heavy (non-hydrogen) atoms. The average molecular weight is 198 g/mol. The average Bonchev–Trinajstić information content (AvgIpc) is 2.09. The molecule has 0 N–H and O–H groups in total. The predicted molar refractivity (Wildman–Crippen MR) is 49.3 cm³/mol. The predicted octanol–water partition coefficient (Wildman–Crippen LogP) is 0.453. The zero-order valence-electron chi connectivity index (χ0n) is 8.61. The Morgan fingerprint density at radius 3 is 2.29 bits per heavy atom. The lowest BCUT2D eigenvalue weighted by atomic mass is 10.2. The summed E-state index contributed by atoms with van der Waals surface area (Å²) in [4.78, 5) is 36.1. The van der Waals surface area contributed by atoms with Gasteiger partial charge in [0.1, 0.15) is 6.42 Å². The van der Waals surface area contributed by atoms with E-state index in [1.807, 2.05) is 13.8 Å². The number of carbonyl (C=O) groups is 3. The van der Waals surface area contributed by atoms with Gasteiger partial charge in [-0.25, -0.2) is 4.79 Å². The number of imide groups is 2. The molecule has 1 heterocycles. The van der Waals surface area contributed by atoms with Gasteiger partial charge in [-0.1, -0.05) is 13.8 Å². The fourth-order valence-electron chi connectivity index (χ4n) is 1.28. The lowest BCUT2D eigenvalue weighted by Crippen LogP contribution is -2.54. The summed E-state index contributed by atoms with van der Waals surface area (Å²) in [5, 5.41) is 0. The standard InChI is InChI=1S/C9H14N2O3/c1-6(2)5-11-8(13)4-7(12)10(3)9(11)14/h6H,4-5H2,1-3H3. The second-order valence-electron chi connectivity index (χ2n) is 3.81. The number of rotatable bonds is 2. The van der Waals surface area contributed by atoms with Crippen molar-refractivity contribution in [3.63, 3.8) is 0 Å². The summed E-state index contributed by atoms with van der Waals surface area (Å²) in [6.45, 7) is 4.20. The SMILES string of the molecule is CC(C)CN1C(=O)CC(=O)N(C)C1=O. The van der Waals surface area contributed by atoms with Crippen LogP contribution in [0.15, 0.2) is 0 Å². The van der Waals surface area contributed by atoms with E-state index in [0.29, 0.717) is 6.54 Å². The third-order valence-corrected chi connectivity index (χ3v) is 2.04. The molecule has 0 radical (unpaired) electrons. The molecule has 5 heteroatoms. The molecule has 0 aromatic heterocycles. The van der Waals surface area contributed by atoms with Crippen molar-refractivity contribution in [2.45, 2.75) is 20.3 Å². The van der Waals surface area contributed by atoms with Crippen LogP contribution in [-0.2, 0) is 9.59 Å². The van der Waals surface area contributed by atoms with E-state index in [-0.39, 0.29) is 12.3 Å². The van der Waals surface area contributed by atoms with Gasteiger partial charge < -0.3 is 0 Å². The zero-order valence-corrected chi connectivity index (χ0v) is 8.61. The first-order valence-electron chi connectivity index (χ1n) is 4.54. The summed E-state index contributed by atoms with van der Waals surface area (Å²) in [6.07, 6.45) is -0.199. The lowest BCUT2D eigenvalue weighted by molar-refractivity contribution is -0.141. The molecule has 0 aromatic rings. The van der Waals surface area contributed by atoms with Gasteiger partial charge in [0.05, 0.1) is 0 Å². The van der Waals surface area contributed by atoms with Crippen molar-refractivity contribution in [3.05, 3.63) is 0 Å². The molecule has 0 aliphatic carbocycles. The second-order valence-corrected chi connectivity index (χ2v) is 3.81. The van der Waals surface area contributed by atoms with Gasteiger partial charge in [0.2, 0.25) is 11.8 Å². The number of hydrogen-bond donors (Lipinski definition) is 0. The number of nitrogens with zero attached hydrogens (tertiary/aromatic N) is 2. The highest BCUT2D eigenvalue weighted by Crippen LogP contribution is 2.12. The first kappa shape index (κ1) is 10.7. The minimum Gasteiger partial charge on any atom is -0.274 e. The van der Waals surface area contributed by atoms with Gasteiger partial charge in [-0.15, -0.1) is 0 Å². The molecule has 0 atom stereocenters. The maximum absolute atomic E-state index is 11.5. The van der Waals surface area contributed by atoms with Gasteiger partial charge in [-0.3, -0.25) is 19.4 Å². The van der Waals surface area contributed by atoms with E-state index in [9.17, 15) is 14.4 Å². The third kappa shape index (κ3) is 1.92. The number of hydrogen-bond acceptors (Lipinski definition) is 3. The molecule has 78 valence electrons. The van der Waals surface area contributed by atoms with Crippen LogP contribution in [0.5, 0.6) is 0 Å². The Kier molecular flexibility index (Phi) is 2.88. The molecule has 0 saturated carbocycles. The third-order valence-electron chi connectivity index (χ3n) is 2.04. The molecule has 0 bridgehead atoms. The van der Waals surface area contributed by atoms with E-state index < -0.39 is 17.8 Å². The van der Waals surface area contributed by atoms with Crippen LogP contribution in [0.3, 0.4) is 0 Å². The van der Waals surface area contributed by atoms with Crippen LogP contribution in [0.1, 0.15) is 20.3 Å². The van der Waals surface area contributed by atoms with Crippen LogP contribution in [0.4, 0.5) is 4.79 Å². The molecular formula is C9H14N2O3. The van der Waals surface area contributed by atoms with Crippen LogP contribution in [0, 0.1) is 5.92 Å². The van der Waals surface area contributed by atoms with Gasteiger partial charge >= 0.3 is 6.03 Å². The second kappa shape index (κ2) is 3.77. The highest BCUT2D eigenvalue weighted by atomic mass is 16.2. The Hall–Kier alpha value is -1.39. The molecule has 1 saturated heterocycles. The molecule has 1 rings (SSSR count). The monoisotopic (exact) mass is 198 g/mol. The van der Waals surface area contributed by atoms with Gasteiger partial charge in [0.25, 0.3) is 0 Å². The Bertz CT molecular complexity index is 286. The van der Waals surface area contributed by atoms with Crippen molar-refractivity contribution >= 4 is 17.8 Å². The minimum absolute atomic E-state index is 0.199. The number of amides is 4. The number of barbiturate groups is 1. The van der Waals surface area contributed by atoms with E-state index in [0.717, 1.165) is 9.80 Å². The smallest absolute Gasteiger partial charge is 0.274 e. The zero-order chi connectivity index (χ0) is 10.9. The van der Waals surface area contributed by atoms with Crippen LogP contribution in [0.2, 0.25) is 0 Å². The fraction of sp³-hybridized carbons (Fsp3) is 0.667. The largest absolute Gasteiger partial charge is 0.333 e. The molecule has 0 unspecified atom stereocenters. The topological polar surface area (TPSA) is 57.7 Å². The molecule has 5 nitrogen and oxygen atoms in total. The molecule has 1 aliphatic heterocycles. The number of urea groups is 1. The minimum atomic E-state index is -0.514. The highest BCUT2D eigenvalue weighted by Gasteiger charge is 2.35. The van der Waals surface area contributed by atoms with E-state index in [2.05, 4.69) is 0 Å². The summed E-state index contributed by atoms with van der Waals surface area (Å²) >= 11 is 0. The Balaban J connectivity index is 2.79. The summed E-state index contributed by atoms with van der Waals surface area (Å²) < 4.78 is 0. The van der Waals surface area contributed by atoms with E-state index in [1.54, 1.807) is 0 Å². The van der Waals surface area contributed by atoms with Crippen molar-refractivity contribution in [3.8, 4) is 0 Å². The molecule has 1 fully saturated rings. The summed E-state index contributed by atoms with van der Waals surface area (Å²) in [7, 11) is 1.39. The van der Waals surface area contributed by atoms with Crippen molar-refractivity contribution < 1.29 is 14.4 Å². The van der Waals surface area contributed by atoms with Crippen molar-refractivity contribution in [2.75, 3.05) is 13.6 Å². The van der Waals surface area contributed by atoms with Crippen molar-refractivity contribution in [2.24, 2.45) is 5.92 Å². The molecule has 1 aliphatic rings. The summed E-state index contributed by atoms with van der Waals surface area (Å²) in [5.41, 5.74) is 0. The van der Waals surface area contributed by atoms with Gasteiger partial charge in [-0.2, -0.15) is 0 Å². The summed E-state index contributed by atoms with van der Waals surface area (Å²) in [6, 6.07) is -0.514. The van der Waals surface area contributed by atoms with Gasteiger partial charge in [-0.05, 0) is 5.92 Å². The molecule has 0 spiro atoms. The molecule has 4 amide bonds. The lowest BCUT2D eigenvalue weighted by Gasteiger charge is -2.31. The first-order valence-corrected chi connectivity index (χ1v) is 4.54. The Labute approximate surface area is 82.7 Å².